The van der Waals surface area contributed by atoms with Crippen molar-refractivity contribution in [2.45, 2.75) is 45.1 Å². The van der Waals surface area contributed by atoms with Crippen molar-refractivity contribution in [3.8, 4) is 5.75 Å². The molecule has 2 heterocycles. The first kappa shape index (κ1) is 20.1. The smallest absolute Gasteiger partial charge is 0.223 e. The first-order valence-corrected chi connectivity index (χ1v) is 9.33. The molecule has 2 aliphatic heterocycles. The third-order valence-corrected chi connectivity index (χ3v) is 5.76. The van der Waals surface area contributed by atoms with Crippen LogP contribution in [0.2, 0.25) is 0 Å². The van der Waals surface area contributed by atoms with E-state index in [2.05, 4.69) is 23.2 Å². The number of carbonyl (C=O) groups is 1. The molecule has 1 aromatic rings. The lowest BCUT2D eigenvalue weighted by Crippen LogP contribution is -2.35. The summed E-state index contributed by atoms with van der Waals surface area (Å²) in [7, 11) is 1.71. The third kappa shape index (κ3) is 4.68. The number of nitrogens with one attached hydrogen (secondary N) is 1. The van der Waals surface area contributed by atoms with E-state index in [4.69, 9.17) is 4.74 Å². The van der Waals surface area contributed by atoms with Crippen LogP contribution in [0.5, 0.6) is 5.75 Å². The van der Waals surface area contributed by atoms with Crippen molar-refractivity contribution in [2.24, 2.45) is 11.8 Å². The average molecular weight is 367 g/mol. The van der Waals surface area contributed by atoms with Crippen molar-refractivity contribution in [1.29, 1.82) is 0 Å². The number of hydrogen-bond donors (Lipinski definition) is 1. The Morgan fingerprint density at radius 3 is 2.72 bits per heavy atom. The fourth-order valence-corrected chi connectivity index (χ4v) is 4.30. The second kappa shape index (κ2) is 9.44. The van der Waals surface area contributed by atoms with Crippen LogP contribution in [0.1, 0.15) is 50.6 Å². The quantitative estimate of drug-likeness (QED) is 0.861. The molecule has 2 unspecified atom stereocenters. The number of halogens is 1. The summed E-state index contributed by atoms with van der Waals surface area (Å²) in [5.74, 6) is 2.36. The van der Waals surface area contributed by atoms with Crippen LogP contribution in [0.15, 0.2) is 24.3 Å². The Morgan fingerprint density at radius 2 is 2.00 bits per heavy atom. The van der Waals surface area contributed by atoms with E-state index in [-0.39, 0.29) is 18.4 Å². The minimum absolute atomic E-state index is 0. The van der Waals surface area contributed by atoms with Crippen molar-refractivity contribution in [3.05, 3.63) is 29.8 Å². The summed E-state index contributed by atoms with van der Waals surface area (Å²) in [5, 5.41) is 3.41. The van der Waals surface area contributed by atoms with Crippen LogP contribution in [0.3, 0.4) is 0 Å². The molecule has 0 bridgehead atoms. The lowest BCUT2D eigenvalue weighted by atomic mass is 9.84. The number of hydrogen-bond acceptors (Lipinski definition) is 3. The molecule has 5 heteroatoms. The van der Waals surface area contributed by atoms with E-state index < -0.39 is 0 Å². The number of ether oxygens (including phenoxy) is 1. The number of nitrogens with zero attached hydrogens (tertiary/aromatic N) is 1. The number of piperidine rings is 1. The van der Waals surface area contributed by atoms with E-state index >= 15 is 0 Å². The molecule has 25 heavy (non-hydrogen) atoms. The summed E-state index contributed by atoms with van der Waals surface area (Å²) in [6.07, 6.45) is 5.19. The molecule has 4 nitrogen and oxygen atoms in total. The van der Waals surface area contributed by atoms with Crippen molar-refractivity contribution in [2.75, 3.05) is 26.7 Å². The van der Waals surface area contributed by atoms with Crippen LogP contribution in [-0.4, -0.2) is 37.6 Å². The second-order valence-corrected chi connectivity index (χ2v) is 7.26. The maximum Gasteiger partial charge on any atom is 0.223 e. The van der Waals surface area contributed by atoms with E-state index in [1.807, 2.05) is 18.2 Å². The van der Waals surface area contributed by atoms with Gasteiger partial charge in [-0.3, -0.25) is 4.79 Å². The zero-order valence-electron chi connectivity index (χ0n) is 15.4. The van der Waals surface area contributed by atoms with Gasteiger partial charge in [0.2, 0.25) is 5.91 Å². The molecule has 0 aromatic heterocycles. The van der Waals surface area contributed by atoms with Crippen molar-refractivity contribution >= 4 is 18.3 Å². The molecule has 140 valence electrons. The minimum Gasteiger partial charge on any atom is -0.496 e. The molecular formula is C20H31ClN2O2. The highest BCUT2D eigenvalue weighted by atomic mass is 35.5. The molecule has 2 saturated heterocycles. The zero-order valence-corrected chi connectivity index (χ0v) is 16.2. The number of methoxy groups -OCH3 is 1. The molecule has 2 aliphatic rings. The SMILES string of the molecule is COc1ccccc1C1CCCN1C(=O)CC(C)C1CCNCC1.Cl. The predicted molar refractivity (Wildman–Crippen MR) is 103 cm³/mol. The van der Waals surface area contributed by atoms with Gasteiger partial charge in [0.25, 0.3) is 0 Å². The molecule has 3 rings (SSSR count). The van der Waals surface area contributed by atoms with Crippen molar-refractivity contribution in [1.82, 2.24) is 10.2 Å². The number of benzene rings is 1. The summed E-state index contributed by atoms with van der Waals surface area (Å²) in [6, 6.07) is 8.30. The number of carbonyl (C=O) groups excluding carboxylic acids is 1. The molecule has 0 aliphatic carbocycles. The van der Waals surface area contributed by atoms with Gasteiger partial charge < -0.3 is 15.0 Å². The zero-order chi connectivity index (χ0) is 16.9. The standard InChI is InChI=1S/C20H30N2O2.ClH/c1-15(16-9-11-21-12-10-16)14-20(23)22-13-5-7-18(22)17-6-3-4-8-19(17)24-2;/h3-4,6,8,15-16,18,21H,5,7,9-14H2,1-2H3;1H. The van der Waals surface area contributed by atoms with Gasteiger partial charge >= 0.3 is 0 Å². The van der Waals surface area contributed by atoms with E-state index in [0.29, 0.717) is 24.2 Å². The Bertz CT molecular complexity index is 560. The van der Waals surface area contributed by atoms with Crippen molar-refractivity contribution < 1.29 is 9.53 Å². The van der Waals surface area contributed by atoms with Gasteiger partial charge in [-0.25, -0.2) is 0 Å². The van der Waals surface area contributed by atoms with Gasteiger partial charge in [0.15, 0.2) is 0 Å². The maximum absolute atomic E-state index is 13.0. The normalized spacial score (nSPS) is 22.3. The van der Waals surface area contributed by atoms with Gasteiger partial charge in [0.05, 0.1) is 13.2 Å². The van der Waals surface area contributed by atoms with Gasteiger partial charge in [-0.1, -0.05) is 25.1 Å². The van der Waals surface area contributed by atoms with Gasteiger partial charge in [0, 0.05) is 18.5 Å². The molecule has 0 radical (unpaired) electrons. The molecular weight excluding hydrogens is 336 g/mol. The van der Waals surface area contributed by atoms with Gasteiger partial charge in [0.1, 0.15) is 5.75 Å². The summed E-state index contributed by atoms with van der Waals surface area (Å²) < 4.78 is 5.52. The number of rotatable bonds is 5. The largest absolute Gasteiger partial charge is 0.496 e. The predicted octanol–water partition coefficient (Wildman–Crippen LogP) is 3.81. The maximum atomic E-state index is 13.0. The minimum atomic E-state index is 0. The molecule has 1 N–H and O–H groups in total. The Kier molecular flexibility index (Phi) is 7.57. The van der Waals surface area contributed by atoms with E-state index in [9.17, 15) is 4.79 Å². The second-order valence-electron chi connectivity index (χ2n) is 7.26. The molecule has 2 fully saturated rings. The summed E-state index contributed by atoms with van der Waals surface area (Å²) in [6.45, 7) is 5.32. The van der Waals surface area contributed by atoms with Crippen LogP contribution < -0.4 is 10.1 Å². The fourth-order valence-electron chi connectivity index (χ4n) is 4.30. The van der Waals surface area contributed by atoms with Gasteiger partial charge in [-0.05, 0) is 56.7 Å². The van der Waals surface area contributed by atoms with Crippen LogP contribution in [0.4, 0.5) is 0 Å². The van der Waals surface area contributed by atoms with Crippen LogP contribution in [0.25, 0.3) is 0 Å². The fraction of sp³-hybridized carbons (Fsp3) is 0.650. The van der Waals surface area contributed by atoms with E-state index in [1.165, 1.54) is 12.8 Å². The monoisotopic (exact) mass is 366 g/mol. The molecule has 2 atom stereocenters. The average Bonchev–Trinajstić information content (AvgIpc) is 3.12. The highest BCUT2D eigenvalue weighted by Crippen LogP contribution is 2.38. The lowest BCUT2D eigenvalue weighted by Gasteiger charge is -2.31. The van der Waals surface area contributed by atoms with E-state index in [1.54, 1.807) is 7.11 Å². The van der Waals surface area contributed by atoms with E-state index in [0.717, 1.165) is 43.8 Å². The van der Waals surface area contributed by atoms with Gasteiger partial charge in [-0.15, -0.1) is 12.4 Å². The topological polar surface area (TPSA) is 41.6 Å². The summed E-state index contributed by atoms with van der Waals surface area (Å²) >= 11 is 0. The summed E-state index contributed by atoms with van der Waals surface area (Å²) in [5.41, 5.74) is 1.15. The lowest BCUT2D eigenvalue weighted by molar-refractivity contribution is -0.133. The van der Waals surface area contributed by atoms with Crippen LogP contribution in [0, 0.1) is 11.8 Å². The first-order chi connectivity index (χ1) is 11.7. The Balaban J connectivity index is 0.00000225. The number of para-hydroxylation sites is 1. The number of amides is 1. The molecule has 0 saturated carbocycles. The highest BCUT2D eigenvalue weighted by molar-refractivity contribution is 5.85. The van der Waals surface area contributed by atoms with Crippen molar-refractivity contribution in [3.63, 3.8) is 0 Å². The number of likely N-dealkylation sites (tertiary alicyclic amines) is 1. The molecule has 0 spiro atoms. The Hall–Kier alpha value is -1.26. The Labute approximate surface area is 157 Å². The molecule has 1 amide bonds. The third-order valence-electron chi connectivity index (χ3n) is 5.76. The van der Waals surface area contributed by atoms with Crippen LogP contribution in [-0.2, 0) is 4.79 Å². The first-order valence-electron chi connectivity index (χ1n) is 9.33. The Morgan fingerprint density at radius 1 is 1.28 bits per heavy atom. The highest BCUT2D eigenvalue weighted by Gasteiger charge is 2.33. The van der Waals surface area contributed by atoms with Gasteiger partial charge in [-0.2, -0.15) is 0 Å². The summed E-state index contributed by atoms with van der Waals surface area (Å²) in [4.78, 5) is 15.0. The molecule has 1 aromatic carbocycles. The van der Waals surface area contributed by atoms with Crippen LogP contribution >= 0.6 is 12.4 Å².